The van der Waals surface area contributed by atoms with Gasteiger partial charge in [0, 0.05) is 30.9 Å². The SMILES string of the molecule is NC[C@@H](O)CNS(=O)(=O)c1ccc(NC2CC(N)C2)c(-c2nnn[nH]2)c1S(N)(=O)=O. The Kier molecular flexibility index (Phi) is 6.37. The largest absolute Gasteiger partial charge is 0.390 e. The molecule has 0 bridgehead atoms. The molecular weight excluding hydrogens is 438 g/mol. The second-order valence-electron chi connectivity index (χ2n) is 6.92. The molecule has 0 radical (unpaired) electrons. The summed E-state index contributed by atoms with van der Waals surface area (Å²) in [6.07, 6.45) is 0.147. The predicted molar refractivity (Wildman–Crippen MR) is 106 cm³/mol. The molecule has 1 aliphatic carbocycles. The molecule has 1 aromatic carbocycles. The van der Waals surface area contributed by atoms with Crippen LogP contribution in [0.4, 0.5) is 5.69 Å². The van der Waals surface area contributed by atoms with Gasteiger partial charge in [0.2, 0.25) is 20.0 Å². The second-order valence-corrected chi connectivity index (χ2v) is 10.2. The predicted octanol–water partition coefficient (Wildman–Crippen LogP) is -2.99. The zero-order chi connectivity index (χ0) is 22.1. The maximum absolute atomic E-state index is 12.8. The molecule has 10 N–H and O–H groups in total. The van der Waals surface area contributed by atoms with E-state index in [1.165, 1.54) is 6.07 Å². The van der Waals surface area contributed by atoms with Gasteiger partial charge in [-0.2, -0.15) is 0 Å². The highest BCUT2D eigenvalue weighted by atomic mass is 32.2. The topological polar surface area (TPSA) is 245 Å². The quantitative estimate of drug-likeness (QED) is 0.198. The molecule has 16 heteroatoms. The summed E-state index contributed by atoms with van der Waals surface area (Å²) < 4.78 is 52.7. The monoisotopic (exact) mass is 461 g/mol. The molecule has 1 aliphatic rings. The first-order chi connectivity index (χ1) is 14.0. The number of hydrogen-bond donors (Lipinski definition) is 7. The number of nitrogens with one attached hydrogen (secondary N) is 3. The lowest BCUT2D eigenvalue weighted by atomic mass is 9.87. The fraction of sp³-hybridized carbons (Fsp3) is 0.500. The number of aliphatic hydroxyl groups excluding tert-OH is 1. The van der Waals surface area contributed by atoms with E-state index in [1.54, 1.807) is 0 Å². The van der Waals surface area contributed by atoms with Crippen molar-refractivity contribution in [3.63, 3.8) is 0 Å². The van der Waals surface area contributed by atoms with E-state index in [4.69, 9.17) is 16.6 Å². The minimum atomic E-state index is -4.56. The van der Waals surface area contributed by atoms with E-state index in [2.05, 4.69) is 30.7 Å². The summed E-state index contributed by atoms with van der Waals surface area (Å²) in [6.45, 7) is -0.603. The van der Waals surface area contributed by atoms with Crippen molar-refractivity contribution < 1.29 is 21.9 Å². The number of nitrogens with zero attached hydrogens (tertiary/aromatic N) is 3. The lowest BCUT2D eigenvalue weighted by Crippen LogP contribution is -2.44. The van der Waals surface area contributed by atoms with Crippen LogP contribution in [-0.2, 0) is 20.0 Å². The number of rotatable bonds is 9. The van der Waals surface area contributed by atoms with Gasteiger partial charge in [-0.25, -0.2) is 31.8 Å². The van der Waals surface area contributed by atoms with Gasteiger partial charge in [-0.3, -0.25) is 0 Å². The van der Waals surface area contributed by atoms with E-state index in [9.17, 15) is 21.9 Å². The zero-order valence-corrected chi connectivity index (χ0v) is 17.3. The van der Waals surface area contributed by atoms with Crippen molar-refractivity contribution >= 4 is 25.7 Å². The lowest BCUT2D eigenvalue weighted by molar-refractivity contribution is 0.186. The maximum atomic E-state index is 12.8. The van der Waals surface area contributed by atoms with Crippen LogP contribution in [0.25, 0.3) is 11.4 Å². The number of benzene rings is 1. The van der Waals surface area contributed by atoms with Crippen LogP contribution in [0.5, 0.6) is 0 Å². The molecule has 0 saturated heterocycles. The Morgan fingerprint density at radius 3 is 2.50 bits per heavy atom. The Hall–Kier alpha value is -2.21. The number of aromatic amines is 1. The summed E-state index contributed by atoms with van der Waals surface area (Å²) in [5.74, 6) is -0.0933. The number of primary sulfonamides is 1. The lowest BCUT2D eigenvalue weighted by Gasteiger charge is -2.34. The van der Waals surface area contributed by atoms with Gasteiger partial charge in [-0.1, -0.05) is 0 Å². The fourth-order valence-corrected chi connectivity index (χ4v) is 5.72. The molecule has 3 rings (SSSR count). The smallest absolute Gasteiger partial charge is 0.242 e. The molecule has 1 fully saturated rings. The molecule has 1 saturated carbocycles. The third kappa shape index (κ3) is 4.75. The van der Waals surface area contributed by atoms with Crippen molar-refractivity contribution in [2.45, 2.75) is 40.8 Å². The van der Waals surface area contributed by atoms with Gasteiger partial charge in [0.05, 0.1) is 11.7 Å². The summed E-state index contributed by atoms with van der Waals surface area (Å²) in [6, 6.07) is 2.48. The van der Waals surface area contributed by atoms with Crippen LogP contribution in [0.3, 0.4) is 0 Å². The molecule has 30 heavy (non-hydrogen) atoms. The first-order valence-electron chi connectivity index (χ1n) is 8.86. The Bertz CT molecular complexity index is 1100. The van der Waals surface area contributed by atoms with Crippen molar-refractivity contribution in [2.75, 3.05) is 18.4 Å². The van der Waals surface area contributed by atoms with Crippen LogP contribution >= 0.6 is 0 Å². The van der Waals surface area contributed by atoms with Gasteiger partial charge in [0.25, 0.3) is 0 Å². The molecule has 0 unspecified atom stereocenters. The molecule has 1 atom stereocenters. The van der Waals surface area contributed by atoms with Crippen LogP contribution in [0, 0.1) is 0 Å². The van der Waals surface area contributed by atoms with Crippen LogP contribution < -0.4 is 26.6 Å². The van der Waals surface area contributed by atoms with Gasteiger partial charge >= 0.3 is 0 Å². The van der Waals surface area contributed by atoms with E-state index >= 15 is 0 Å². The zero-order valence-electron chi connectivity index (χ0n) is 15.7. The van der Waals surface area contributed by atoms with Crippen LogP contribution in [0.2, 0.25) is 0 Å². The molecule has 0 aliphatic heterocycles. The minimum Gasteiger partial charge on any atom is -0.390 e. The van der Waals surface area contributed by atoms with Crippen molar-refractivity contribution in [1.29, 1.82) is 0 Å². The van der Waals surface area contributed by atoms with Crippen LogP contribution in [0.15, 0.2) is 21.9 Å². The maximum Gasteiger partial charge on any atom is 0.242 e. The van der Waals surface area contributed by atoms with E-state index in [0.29, 0.717) is 12.8 Å². The molecule has 0 spiro atoms. The summed E-state index contributed by atoms with van der Waals surface area (Å²) in [5.41, 5.74) is 11.2. The summed E-state index contributed by atoms with van der Waals surface area (Å²) in [5, 5.41) is 31.1. The molecule has 1 heterocycles. The number of anilines is 1. The van der Waals surface area contributed by atoms with Gasteiger partial charge < -0.3 is 21.9 Å². The molecule has 1 aromatic heterocycles. The third-order valence-electron chi connectivity index (χ3n) is 4.59. The number of hydrogen-bond acceptors (Lipinski definition) is 11. The molecule has 2 aromatic rings. The third-order valence-corrected chi connectivity index (χ3v) is 7.18. The number of aliphatic hydroxyl groups is 1. The highest BCUT2D eigenvalue weighted by Gasteiger charge is 2.33. The fourth-order valence-electron chi connectivity index (χ4n) is 3.04. The first kappa shape index (κ1) is 22.5. The Balaban J connectivity index is 2.16. The number of tetrazole rings is 1. The van der Waals surface area contributed by atoms with Crippen molar-refractivity contribution in [3.05, 3.63) is 12.1 Å². The average Bonchev–Trinajstić information content (AvgIpc) is 3.18. The highest BCUT2D eigenvalue weighted by Crippen LogP contribution is 2.37. The standard InChI is InChI=1S/C14H23N9O5S2/c15-5-9(24)6-18-30(27,28)11-2-1-10(19-8-3-7(16)4-8)12(13(11)29(17,25)26)14-20-22-23-21-14/h1-2,7-9,18-19,24H,3-6,15-16H2,(H2,17,25,26)(H,20,21,22,23)/t7?,8?,9-/m1/s1. The van der Waals surface area contributed by atoms with E-state index < -0.39 is 42.5 Å². The van der Waals surface area contributed by atoms with Gasteiger partial charge in [-0.15, -0.1) is 5.10 Å². The Labute approximate surface area is 172 Å². The van der Waals surface area contributed by atoms with Gasteiger partial charge in [-0.05, 0) is 35.4 Å². The average molecular weight is 462 g/mol. The van der Waals surface area contributed by atoms with Crippen molar-refractivity contribution in [1.82, 2.24) is 25.3 Å². The van der Waals surface area contributed by atoms with Crippen LogP contribution in [0.1, 0.15) is 12.8 Å². The minimum absolute atomic E-state index is 0.0217. The number of H-pyrrole nitrogens is 1. The molecule has 166 valence electrons. The van der Waals surface area contributed by atoms with Crippen molar-refractivity contribution in [3.8, 4) is 11.4 Å². The Morgan fingerprint density at radius 1 is 1.27 bits per heavy atom. The van der Waals surface area contributed by atoms with Gasteiger partial charge in [0.1, 0.15) is 9.79 Å². The molecular formula is C14H23N9O5S2. The highest BCUT2D eigenvalue weighted by molar-refractivity contribution is 7.92. The first-order valence-corrected chi connectivity index (χ1v) is 11.9. The van der Waals surface area contributed by atoms with E-state index in [1.807, 2.05) is 0 Å². The molecule has 14 nitrogen and oxygen atoms in total. The van der Waals surface area contributed by atoms with Crippen LogP contribution in [-0.4, -0.2) is 73.8 Å². The van der Waals surface area contributed by atoms with Gasteiger partial charge in [0.15, 0.2) is 5.82 Å². The Morgan fingerprint density at radius 2 is 1.97 bits per heavy atom. The van der Waals surface area contributed by atoms with Crippen molar-refractivity contribution in [2.24, 2.45) is 16.6 Å². The second kappa shape index (κ2) is 8.50. The number of nitrogens with two attached hydrogens (primary N) is 3. The number of aromatic nitrogens is 4. The summed E-state index contributed by atoms with van der Waals surface area (Å²) in [4.78, 5) is -1.30. The number of sulfonamides is 2. The molecule has 0 amide bonds. The van der Waals surface area contributed by atoms with E-state index in [-0.39, 0.29) is 35.7 Å². The summed E-state index contributed by atoms with van der Waals surface area (Å²) >= 11 is 0. The summed E-state index contributed by atoms with van der Waals surface area (Å²) in [7, 11) is -8.96. The van der Waals surface area contributed by atoms with E-state index in [0.717, 1.165) is 6.07 Å². The normalized spacial score (nSPS) is 20.5.